The predicted octanol–water partition coefficient (Wildman–Crippen LogP) is 5.20. The minimum absolute atomic E-state index is 0.00418. The normalized spacial score (nSPS) is 11.9. The number of anilines is 2. The van der Waals surface area contributed by atoms with Crippen molar-refractivity contribution >= 4 is 50.5 Å². The molecule has 158 valence electrons. The van der Waals surface area contributed by atoms with E-state index in [1.807, 2.05) is 0 Å². The fraction of sp³-hybridized carbons (Fsp3) is 0.278. The maximum absolute atomic E-state index is 12.8. The summed E-state index contributed by atoms with van der Waals surface area (Å²) in [5.41, 5.74) is -0.717. The van der Waals surface area contributed by atoms with Gasteiger partial charge >= 0.3 is 6.18 Å². The van der Waals surface area contributed by atoms with Gasteiger partial charge in [0, 0.05) is 18.0 Å². The van der Waals surface area contributed by atoms with E-state index in [0.717, 1.165) is 28.8 Å². The van der Waals surface area contributed by atoms with Crippen molar-refractivity contribution < 1.29 is 26.4 Å². The fourth-order valence-corrected chi connectivity index (χ4v) is 3.74. The summed E-state index contributed by atoms with van der Waals surface area (Å²) in [7, 11) is -3.60. The van der Waals surface area contributed by atoms with Crippen molar-refractivity contribution in [1.82, 2.24) is 0 Å². The van der Waals surface area contributed by atoms with Crippen LogP contribution in [0.25, 0.3) is 0 Å². The largest absolute Gasteiger partial charge is 0.416 e. The maximum Gasteiger partial charge on any atom is 0.416 e. The lowest BCUT2D eigenvalue weighted by Gasteiger charge is -2.22. The van der Waals surface area contributed by atoms with E-state index in [1.165, 1.54) is 24.3 Å². The number of carbonyl (C=O) groups excluding carboxylic acids is 1. The molecule has 0 aromatic heterocycles. The molecule has 0 spiro atoms. The van der Waals surface area contributed by atoms with Gasteiger partial charge in [0.05, 0.1) is 28.2 Å². The summed E-state index contributed by atoms with van der Waals surface area (Å²) in [6.45, 7) is 0.00418. The summed E-state index contributed by atoms with van der Waals surface area (Å²) in [5.74, 6) is -0.587. The Morgan fingerprint density at radius 1 is 1.10 bits per heavy atom. The average Bonchev–Trinajstić information content (AvgIpc) is 2.59. The van der Waals surface area contributed by atoms with Crippen molar-refractivity contribution in [2.45, 2.75) is 19.0 Å². The van der Waals surface area contributed by atoms with E-state index in [9.17, 15) is 26.4 Å². The number of hydrogen-bond acceptors (Lipinski definition) is 3. The molecule has 0 radical (unpaired) electrons. The molecular weight excluding hydrogens is 452 g/mol. The van der Waals surface area contributed by atoms with Crippen LogP contribution in [0.1, 0.15) is 18.4 Å². The molecule has 0 saturated carbocycles. The molecule has 0 saturated heterocycles. The van der Waals surface area contributed by atoms with Crippen molar-refractivity contribution in [3.05, 3.63) is 58.1 Å². The lowest BCUT2D eigenvalue weighted by molar-refractivity contribution is -0.137. The van der Waals surface area contributed by atoms with Gasteiger partial charge < -0.3 is 5.32 Å². The summed E-state index contributed by atoms with van der Waals surface area (Å²) >= 11 is 11.7. The van der Waals surface area contributed by atoms with E-state index in [2.05, 4.69) is 5.32 Å². The number of nitrogens with zero attached hydrogens (tertiary/aromatic N) is 1. The molecule has 0 heterocycles. The Hall–Kier alpha value is -1.97. The van der Waals surface area contributed by atoms with E-state index in [1.54, 1.807) is 0 Å². The van der Waals surface area contributed by atoms with Crippen molar-refractivity contribution in [2.24, 2.45) is 0 Å². The zero-order valence-electron chi connectivity index (χ0n) is 15.1. The third-order valence-electron chi connectivity index (χ3n) is 3.85. The highest BCUT2D eigenvalue weighted by Gasteiger charge is 2.31. The Morgan fingerprint density at radius 2 is 1.72 bits per heavy atom. The smallest absolute Gasteiger partial charge is 0.325 e. The highest BCUT2D eigenvalue weighted by molar-refractivity contribution is 7.92. The molecule has 1 N–H and O–H groups in total. The van der Waals surface area contributed by atoms with Crippen molar-refractivity contribution in [1.29, 1.82) is 0 Å². The number of benzene rings is 2. The van der Waals surface area contributed by atoms with E-state index in [4.69, 9.17) is 23.2 Å². The zero-order chi connectivity index (χ0) is 21.8. The average molecular weight is 469 g/mol. The lowest BCUT2D eigenvalue weighted by atomic mass is 10.2. The van der Waals surface area contributed by atoms with Crippen LogP contribution in [0.3, 0.4) is 0 Å². The highest BCUT2D eigenvalue weighted by atomic mass is 35.5. The van der Waals surface area contributed by atoms with Gasteiger partial charge in [0.25, 0.3) is 0 Å². The molecule has 29 heavy (non-hydrogen) atoms. The SMILES string of the molecule is CS(=O)(=O)N(CCCC(=O)Nc1cc(C(F)(F)F)ccc1Cl)c1ccc(Cl)cc1. The second-order valence-electron chi connectivity index (χ2n) is 6.16. The van der Waals surface area contributed by atoms with Gasteiger partial charge in [-0.15, -0.1) is 0 Å². The first-order chi connectivity index (χ1) is 13.4. The number of alkyl halides is 3. The number of carbonyl (C=O) groups is 1. The Morgan fingerprint density at radius 3 is 2.28 bits per heavy atom. The van der Waals surface area contributed by atoms with Gasteiger partial charge in [0.1, 0.15) is 0 Å². The molecule has 5 nitrogen and oxygen atoms in total. The summed E-state index contributed by atoms with van der Waals surface area (Å²) in [4.78, 5) is 12.1. The monoisotopic (exact) mass is 468 g/mol. The standard InChI is InChI=1S/C18H17Cl2F3N2O3S/c1-29(27,28)25(14-7-5-13(19)6-8-14)10-2-3-17(26)24-16-11-12(18(21,22)23)4-9-15(16)20/h4-9,11H,2-3,10H2,1H3,(H,24,26). The second-order valence-corrected chi connectivity index (χ2v) is 8.91. The van der Waals surface area contributed by atoms with E-state index >= 15 is 0 Å². The molecule has 0 fully saturated rings. The fourth-order valence-electron chi connectivity index (χ4n) is 2.49. The first-order valence-electron chi connectivity index (χ1n) is 8.28. The number of halogens is 5. The third kappa shape index (κ3) is 6.80. The number of rotatable bonds is 7. The molecule has 1 amide bonds. The molecule has 2 aromatic carbocycles. The summed E-state index contributed by atoms with van der Waals surface area (Å²) < 4.78 is 63.6. The van der Waals surface area contributed by atoms with Gasteiger partial charge in [0.15, 0.2) is 0 Å². The van der Waals surface area contributed by atoms with Gasteiger partial charge in [-0.1, -0.05) is 23.2 Å². The van der Waals surface area contributed by atoms with Gasteiger partial charge in [-0.2, -0.15) is 13.2 Å². The van der Waals surface area contributed by atoms with Crippen molar-refractivity contribution in [2.75, 3.05) is 22.4 Å². The van der Waals surface area contributed by atoms with Crippen LogP contribution < -0.4 is 9.62 Å². The molecule has 0 aliphatic carbocycles. The molecule has 0 aliphatic rings. The van der Waals surface area contributed by atoms with Crippen LogP contribution in [0.15, 0.2) is 42.5 Å². The summed E-state index contributed by atoms with van der Waals surface area (Å²) in [6.07, 6.45) is -3.52. The predicted molar refractivity (Wildman–Crippen MR) is 108 cm³/mol. The number of amides is 1. The van der Waals surface area contributed by atoms with E-state index < -0.39 is 27.7 Å². The van der Waals surface area contributed by atoms with Gasteiger partial charge in [-0.05, 0) is 48.9 Å². The molecule has 2 aromatic rings. The Bertz CT molecular complexity index is 981. The highest BCUT2D eigenvalue weighted by Crippen LogP contribution is 2.33. The molecule has 0 aliphatic heterocycles. The van der Waals surface area contributed by atoms with E-state index in [0.29, 0.717) is 10.7 Å². The second kappa shape index (κ2) is 9.23. The first-order valence-corrected chi connectivity index (χ1v) is 10.9. The van der Waals surface area contributed by atoms with Crippen LogP contribution in [0, 0.1) is 0 Å². The minimum Gasteiger partial charge on any atom is -0.325 e. The maximum atomic E-state index is 12.8. The van der Waals surface area contributed by atoms with Gasteiger partial charge in [-0.25, -0.2) is 8.42 Å². The van der Waals surface area contributed by atoms with Crippen LogP contribution >= 0.6 is 23.2 Å². The van der Waals surface area contributed by atoms with Gasteiger partial charge in [0.2, 0.25) is 15.9 Å². The minimum atomic E-state index is -4.57. The Balaban J connectivity index is 2.02. The Kier molecular flexibility index (Phi) is 7.42. The molecular formula is C18H17Cl2F3N2O3S. The third-order valence-corrected chi connectivity index (χ3v) is 5.62. The zero-order valence-corrected chi connectivity index (χ0v) is 17.5. The quantitative estimate of drug-likeness (QED) is 0.607. The van der Waals surface area contributed by atoms with Crippen LogP contribution in [-0.4, -0.2) is 27.1 Å². The van der Waals surface area contributed by atoms with Crippen LogP contribution in [0.4, 0.5) is 24.5 Å². The van der Waals surface area contributed by atoms with E-state index in [-0.39, 0.29) is 30.1 Å². The topological polar surface area (TPSA) is 66.5 Å². The van der Waals surface area contributed by atoms with Crippen LogP contribution in [0.2, 0.25) is 10.0 Å². The van der Waals surface area contributed by atoms with Crippen LogP contribution in [-0.2, 0) is 21.0 Å². The van der Waals surface area contributed by atoms with Crippen molar-refractivity contribution in [3.63, 3.8) is 0 Å². The number of hydrogen-bond donors (Lipinski definition) is 1. The Labute approximate surface area is 176 Å². The molecule has 2 rings (SSSR count). The lowest BCUT2D eigenvalue weighted by Crippen LogP contribution is -2.31. The molecule has 0 bridgehead atoms. The van der Waals surface area contributed by atoms with Crippen LogP contribution in [0.5, 0.6) is 0 Å². The summed E-state index contributed by atoms with van der Waals surface area (Å²) in [6, 6.07) is 8.75. The summed E-state index contributed by atoms with van der Waals surface area (Å²) in [5, 5.41) is 2.73. The van der Waals surface area contributed by atoms with Gasteiger partial charge in [-0.3, -0.25) is 9.10 Å². The number of nitrogens with one attached hydrogen (secondary N) is 1. The van der Waals surface area contributed by atoms with Crippen molar-refractivity contribution in [3.8, 4) is 0 Å². The molecule has 11 heteroatoms. The molecule has 0 atom stereocenters. The first kappa shape index (κ1) is 23.3. The number of sulfonamides is 1. The molecule has 0 unspecified atom stereocenters.